The van der Waals surface area contributed by atoms with Gasteiger partial charge in [0.25, 0.3) is 11.8 Å². The molecule has 7 nitrogen and oxygen atoms in total. The number of hydrogen-bond donors (Lipinski definition) is 3. The molecule has 2 amide bonds. The lowest BCUT2D eigenvalue weighted by molar-refractivity contribution is -0.117. The summed E-state index contributed by atoms with van der Waals surface area (Å²) in [5, 5.41) is 16.8. The molecule has 0 spiro atoms. The van der Waals surface area contributed by atoms with E-state index in [2.05, 4.69) is 31.8 Å². The molecule has 8 heteroatoms. The van der Waals surface area contributed by atoms with E-state index in [0.717, 1.165) is 5.56 Å². The molecule has 3 rings (SSSR count). The van der Waals surface area contributed by atoms with Gasteiger partial charge in [0.2, 0.25) is 0 Å². The Bertz CT molecular complexity index is 1240. The molecule has 0 bridgehead atoms. The highest BCUT2D eigenvalue weighted by molar-refractivity contribution is 9.10. The highest BCUT2D eigenvalue weighted by Crippen LogP contribution is 2.32. The Balaban J connectivity index is 1.79. The maximum atomic E-state index is 12.8. The van der Waals surface area contributed by atoms with E-state index in [1.54, 1.807) is 54.6 Å². The van der Waals surface area contributed by atoms with Crippen LogP contribution in [-0.4, -0.2) is 30.2 Å². The number of aromatic hydroxyl groups is 1. The van der Waals surface area contributed by atoms with Gasteiger partial charge in [0.05, 0.1) is 13.3 Å². The number of carbonyl (C=O) groups excluding carboxylic acids is 2. The van der Waals surface area contributed by atoms with Crippen LogP contribution in [0.25, 0.3) is 6.08 Å². The number of hydrogen-bond acceptors (Lipinski definition) is 5. The van der Waals surface area contributed by atoms with Crippen molar-refractivity contribution in [2.75, 3.05) is 7.11 Å². The van der Waals surface area contributed by atoms with E-state index < -0.39 is 11.8 Å². The van der Waals surface area contributed by atoms with Crippen molar-refractivity contribution in [3.63, 3.8) is 0 Å². The first-order valence-corrected chi connectivity index (χ1v) is 11.0. The summed E-state index contributed by atoms with van der Waals surface area (Å²) in [6.45, 7) is 0. The lowest BCUT2D eigenvalue weighted by atomic mass is 10.2. The van der Waals surface area contributed by atoms with E-state index >= 15 is 0 Å². The van der Waals surface area contributed by atoms with Gasteiger partial charge in [-0.25, -0.2) is 5.43 Å². The molecule has 3 aromatic rings. The van der Waals surface area contributed by atoms with Crippen LogP contribution in [0.4, 0.5) is 0 Å². The largest absolute Gasteiger partial charge is 0.504 e. The SMILES string of the molecule is COc1cc(Br)cc(C=NNC(=O)C(=CC=Cc2ccccc2)NC(=O)c2ccccc2)c1O. The number of nitrogens with one attached hydrogen (secondary N) is 2. The van der Waals surface area contributed by atoms with Gasteiger partial charge < -0.3 is 15.2 Å². The molecule has 0 fully saturated rings. The molecule has 34 heavy (non-hydrogen) atoms. The number of rotatable bonds is 8. The van der Waals surface area contributed by atoms with Crippen LogP contribution in [0.2, 0.25) is 0 Å². The summed E-state index contributed by atoms with van der Waals surface area (Å²) in [4.78, 5) is 25.4. The highest BCUT2D eigenvalue weighted by Gasteiger charge is 2.14. The summed E-state index contributed by atoms with van der Waals surface area (Å²) in [6.07, 6.45) is 6.22. The number of carbonyl (C=O) groups is 2. The van der Waals surface area contributed by atoms with Gasteiger partial charge in [0.1, 0.15) is 5.70 Å². The molecule has 0 aliphatic carbocycles. The van der Waals surface area contributed by atoms with Crippen molar-refractivity contribution in [1.29, 1.82) is 0 Å². The Hall–Kier alpha value is -4.17. The maximum absolute atomic E-state index is 12.8. The standard InChI is InChI=1S/C26H22BrN3O4/c1-34-23-16-21(27)15-20(24(23)31)17-28-30-26(33)22(14-8-11-18-9-4-2-5-10-18)29-25(32)19-12-6-3-7-13-19/h2-17,31H,1H3,(H,29,32)(H,30,33). The number of hydrazone groups is 1. The summed E-state index contributed by atoms with van der Waals surface area (Å²) >= 11 is 3.32. The van der Waals surface area contributed by atoms with Gasteiger partial charge in [-0.3, -0.25) is 9.59 Å². The third-order valence-electron chi connectivity index (χ3n) is 4.54. The smallest absolute Gasteiger partial charge is 0.287 e. The predicted molar refractivity (Wildman–Crippen MR) is 136 cm³/mol. The quantitative estimate of drug-likeness (QED) is 0.174. The molecule has 3 N–H and O–H groups in total. The third-order valence-corrected chi connectivity index (χ3v) is 5.00. The van der Waals surface area contributed by atoms with Crippen LogP contribution in [0.1, 0.15) is 21.5 Å². The molecule has 0 saturated heterocycles. The lowest BCUT2D eigenvalue weighted by Crippen LogP contribution is -2.32. The molecule has 0 aliphatic rings. The first-order valence-electron chi connectivity index (χ1n) is 10.2. The molecule has 3 aromatic carbocycles. The van der Waals surface area contributed by atoms with Gasteiger partial charge in [-0.1, -0.05) is 76.6 Å². The van der Waals surface area contributed by atoms with E-state index in [1.165, 1.54) is 19.4 Å². The van der Waals surface area contributed by atoms with Crippen molar-refractivity contribution in [1.82, 2.24) is 10.7 Å². The van der Waals surface area contributed by atoms with Gasteiger partial charge in [-0.2, -0.15) is 5.10 Å². The third kappa shape index (κ3) is 6.91. The van der Waals surface area contributed by atoms with Crippen LogP contribution in [0.3, 0.4) is 0 Å². The summed E-state index contributed by atoms with van der Waals surface area (Å²) in [7, 11) is 1.43. The van der Waals surface area contributed by atoms with Gasteiger partial charge in [0.15, 0.2) is 11.5 Å². The first kappa shape index (κ1) is 24.5. The van der Waals surface area contributed by atoms with Gasteiger partial charge in [-0.15, -0.1) is 0 Å². The number of methoxy groups -OCH3 is 1. The first-order chi connectivity index (χ1) is 16.5. The topological polar surface area (TPSA) is 100 Å². The van der Waals surface area contributed by atoms with Crippen molar-refractivity contribution < 1.29 is 19.4 Å². The van der Waals surface area contributed by atoms with Crippen LogP contribution in [0.15, 0.2) is 100 Å². The summed E-state index contributed by atoms with van der Waals surface area (Å²) in [6, 6.07) is 21.3. The number of allylic oxidation sites excluding steroid dienone is 2. The van der Waals surface area contributed by atoms with E-state index in [0.29, 0.717) is 15.6 Å². The van der Waals surface area contributed by atoms with Crippen LogP contribution < -0.4 is 15.5 Å². The molecule has 0 saturated carbocycles. The molecule has 0 aliphatic heterocycles. The fraction of sp³-hybridized carbons (Fsp3) is 0.0385. The second kappa shape index (κ2) is 12.2. The zero-order chi connectivity index (χ0) is 24.3. The number of benzene rings is 3. The fourth-order valence-electron chi connectivity index (χ4n) is 2.85. The van der Waals surface area contributed by atoms with E-state index in [4.69, 9.17) is 4.74 Å². The number of halogens is 1. The van der Waals surface area contributed by atoms with E-state index in [1.807, 2.05) is 30.3 Å². The van der Waals surface area contributed by atoms with Crippen LogP contribution in [0, 0.1) is 0 Å². The minimum atomic E-state index is -0.639. The maximum Gasteiger partial charge on any atom is 0.287 e. The molecular formula is C26H22BrN3O4. The number of phenolic OH excluding ortho intramolecular Hbond substituents is 1. The normalized spacial score (nSPS) is 11.5. The van der Waals surface area contributed by atoms with Crippen molar-refractivity contribution in [3.05, 3.63) is 112 Å². The van der Waals surface area contributed by atoms with Gasteiger partial charge in [-0.05, 0) is 35.9 Å². The van der Waals surface area contributed by atoms with Crippen LogP contribution >= 0.6 is 15.9 Å². The van der Waals surface area contributed by atoms with Crippen LogP contribution in [0.5, 0.6) is 11.5 Å². The Labute approximate surface area is 205 Å². The minimum Gasteiger partial charge on any atom is -0.504 e. The number of amides is 2. The molecule has 172 valence electrons. The fourth-order valence-corrected chi connectivity index (χ4v) is 3.30. The number of ether oxygens (including phenoxy) is 1. The van der Waals surface area contributed by atoms with Gasteiger partial charge >= 0.3 is 0 Å². The lowest BCUT2D eigenvalue weighted by Gasteiger charge is -2.09. The second-order valence-electron chi connectivity index (χ2n) is 6.92. The Morgan fingerprint density at radius 2 is 1.71 bits per heavy atom. The summed E-state index contributed by atoms with van der Waals surface area (Å²) in [5.74, 6) is -0.945. The van der Waals surface area contributed by atoms with Crippen molar-refractivity contribution in [3.8, 4) is 11.5 Å². The van der Waals surface area contributed by atoms with Gasteiger partial charge in [0, 0.05) is 15.6 Å². The Morgan fingerprint density at radius 3 is 2.38 bits per heavy atom. The zero-order valence-corrected chi connectivity index (χ0v) is 19.8. The monoisotopic (exact) mass is 519 g/mol. The Morgan fingerprint density at radius 1 is 1.03 bits per heavy atom. The van der Waals surface area contributed by atoms with Crippen molar-refractivity contribution in [2.24, 2.45) is 5.10 Å². The average molecular weight is 520 g/mol. The molecule has 0 heterocycles. The molecule has 0 radical (unpaired) electrons. The van der Waals surface area contributed by atoms with Crippen molar-refractivity contribution >= 4 is 40.0 Å². The zero-order valence-electron chi connectivity index (χ0n) is 18.2. The van der Waals surface area contributed by atoms with E-state index in [9.17, 15) is 14.7 Å². The minimum absolute atomic E-state index is 0.00534. The molecule has 0 unspecified atom stereocenters. The predicted octanol–water partition coefficient (Wildman–Crippen LogP) is 4.64. The average Bonchev–Trinajstić information content (AvgIpc) is 2.86. The number of nitrogens with zero attached hydrogens (tertiary/aromatic N) is 1. The van der Waals surface area contributed by atoms with E-state index in [-0.39, 0.29) is 17.2 Å². The second-order valence-corrected chi connectivity index (χ2v) is 7.83. The van der Waals surface area contributed by atoms with Crippen LogP contribution in [-0.2, 0) is 4.79 Å². The van der Waals surface area contributed by atoms with Crippen molar-refractivity contribution in [2.45, 2.75) is 0 Å². The Kier molecular flexibility index (Phi) is 8.76. The number of phenols is 1. The highest BCUT2D eigenvalue weighted by atomic mass is 79.9. The molecule has 0 aromatic heterocycles. The molecular weight excluding hydrogens is 498 g/mol. The summed E-state index contributed by atoms with van der Waals surface area (Å²) < 4.78 is 5.77. The molecule has 0 atom stereocenters. The summed E-state index contributed by atoms with van der Waals surface area (Å²) in [5.41, 5.74) is 4.03.